The lowest BCUT2D eigenvalue weighted by Crippen LogP contribution is -2.49. The van der Waals surface area contributed by atoms with Crippen molar-refractivity contribution >= 4 is 5.97 Å². The first-order chi connectivity index (χ1) is 10.0. The summed E-state index contributed by atoms with van der Waals surface area (Å²) < 4.78 is 5.67. The van der Waals surface area contributed by atoms with Crippen molar-refractivity contribution in [3.8, 4) is 5.75 Å². The second kappa shape index (κ2) is 8.67. The minimum Gasteiger partial charge on any atom is -0.494 e. The van der Waals surface area contributed by atoms with Gasteiger partial charge in [-0.25, -0.2) is 0 Å². The van der Waals surface area contributed by atoms with E-state index in [1.807, 2.05) is 19.1 Å². The maximum absolute atomic E-state index is 11.3. The van der Waals surface area contributed by atoms with Crippen LogP contribution >= 0.6 is 0 Å². The standard InChI is InChI=1S/C17H27NO3/c1-4-7-14-8-10-15(11-9-14)21-13-6-12-17(3,16(19)20)18-5-2/h8-11,18H,4-7,12-13H2,1-3H3,(H,19,20). The molecule has 0 spiro atoms. The molecule has 0 radical (unpaired) electrons. The quantitative estimate of drug-likeness (QED) is 0.650. The monoisotopic (exact) mass is 293 g/mol. The summed E-state index contributed by atoms with van der Waals surface area (Å²) in [5.74, 6) is 0.0311. The number of nitrogens with one attached hydrogen (secondary N) is 1. The van der Waals surface area contributed by atoms with Crippen molar-refractivity contribution < 1.29 is 14.6 Å². The van der Waals surface area contributed by atoms with E-state index in [0.29, 0.717) is 26.0 Å². The third kappa shape index (κ3) is 5.76. The Morgan fingerprint density at radius 3 is 2.48 bits per heavy atom. The van der Waals surface area contributed by atoms with Gasteiger partial charge in [-0.2, -0.15) is 0 Å². The van der Waals surface area contributed by atoms with Crippen LogP contribution in [0, 0.1) is 0 Å². The lowest BCUT2D eigenvalue weighted by molar-refractivity contribution is -0.144. The van der Waals surface area contributed by atoms with Gasteiger partial charge in [0.05, 0.1) is 6.61 Å². The fraction of sp³-hybridized carbons (Fsp3) is 0.588. The van der Waals surface area contributed by atoms with Gasteiger partial charge in [-0.15, -0.1) is 0 Å². The average Bonchev–Trinajstić information content (AvgIpc) is 2.46. The second-order valence-corrected chi connectivity index (χ2v) is 5.51. The number of ether oxygens (including phenoxy) is 1. The first-order valence-electron chi connectivity index (χ1n) is 7.72. The lowest BCUT2D eigenvalue weighted by atomic mass is 9.96. The molecular weight excluding hydrogens is 266 g/mol. The number of benzene rings is 1. The van der Waals surface area contributed by atoms with Gasteiger partial charge in [0.1, 0.15) is 11.3 Å². The summed E-state index contributed by atoms with van der Waals surface area (Å²) in [6, 6.07) is 8.12. The molecule has 0 bridgehead atoms. The van der Waals surface area contributed by atoms with Crippen molar-refractivity contribution in [2.75, 3.05) is 13.2 Å². The van der Waals surface area contributed by atoms with E-state index in [-0.39, 0.29) is 0 Å². The van der Waals surface area contributed by atoms with E-state index in [9.17, 15) is 9.90 Å². The van der Waals surface area contributed by atoms with Crippen LogP contribution in [0.25, 0.3) is 0 Å². The number of hydrogen-bond donors (Lipinski definition) is 2. The first kappa shape index (κ1) is 17.5. The highest BCUT2D eigenvalue weighted by Crippen LogP contribution is 2.16. The van der Waals surface area contributed by atoms with Crippen LogP contribution in [0.2, 0.25) is 0 Å². The average molecular weight is 293 g/mol. The fourth-order valence-corrected chi connectivity index (χ4v) is 2.32. The van der Waals surface area contributed by atoms with E-state index >= 15 is 0 Å². The van der Waals surface area contributed by atoms with Gasteiger partial charge in [-0.3, -0.25) is 4.79 Å². The van der Waals surface area contributed by atoms with Gasteiger partial charge in [-0.1, -0.05) is 32.4 Å². The van der Waals surface area contributed by atoms with Crippen LogP contribution < -0.4 is 10.1 Å². The summed E-state index contributed by atoms with van der Waals surface area (Å²) in [4.78, 5) is 11.3. The summed E-state index contributed by atoms with van der Waals surface area (Å²) in [6.07, 6.45) is 3.47. The molecule has 1 aromatic rings. The molecule has 0 heterocycles. The summed E-state index contributed by atoms with van der Waals surface area (Å²) in [6.45, 7) is 6.96. The summed E-state index contributed by atoms with van der Waals surface area (Å²) >= 11 is 0. The first-order valence-corrected chi connectivity index (χ1v) is 7.72. The number of rotatable bonds is 10. The molecule has 0 saturated heterocycles. The molecule has 1 aromatic carbocycles. The van der Waals surface area contributed by atoms with Gasteiger partial charge in [-0.05, 0) is 50.4 Å². The zero-order valence-corrected chi connectivity index (χ0v) is 13.3. The van der Waals surface area contributed by atoms with E-state index in [1.165, 1.54) is 5.56 Å². The highest BCUT2D eigenvalue weighted by molar-refractivity contribution is 5.78. The van der Waals surface area contributed by atoms with Crippen LogP contribution in [-0.4, -0.2) is 29.8 Å². The minimum atomic E-state index is -0.872. The summed E-state index contributed by atoms with van der Waals surface area (Å²) in [7, 11) is 0. The Hall–Kier alpha value is -1.55. The van der Waals surface area contributed by atoms with Crippen molar-refractivity contribution in [3.05, 3.63) is 29.8 Å². The smallest absolute Gasteiger partial charge is 0.323 e. The molecule has 21 heavy (non-hydrogen) atoms. The molecular formula is C17H27NO3. The zero-order chi connectivity index (χ0) is 15.7. The number of aryl methyl sites for hydroxylation is 1. The normalized spacial score (nSPS) is 13.7. The van der Waals surface area contributed by atoms with Gasteiger partial charge in [0.2, 0.25) is 0 Å². The van der Waals surface area contributed by atoms with Crippen molar-refractivity contribution in [3.63, 3.8) is 0 Å². The third-order valence-corrected chi connectivity index (χ3v) is 3.59. The summed E-state index contributed by atoms with van der Waals surface area (Å²) in [5, 5.41) is 12.3. The van der Waals surface area contributed by atoms with Crippen LogP contribution in [-0.2, 0) is 11.2 Å². The zero-order valence-electron chi connectivity index (χ0n) is 13.3. The van der Waals surface area contributed by atoms with Gasteiger partial charge in [0, 0.05) is 0 Å². The molecule has 118 valence electrons. The van der Waals surface area contributed by atoms with Crippen molar-refractivity contribution in [2.45, 2.75) is 52.0 Å². The van der Waals surface area contributed by atoms with E-state index in [1.54, 1.807) is 6.92 Å². The Morgan fingerprint density at radius 1 is 1.29 bits per heavy atom. The highest BCUT2D eigenvalue weighted by atomic mass is 16.5. The molecule has 0 aliphatic carbocycles. The van der Waals surface area contributed by atoms with E-state index in [4.69, 9.17) is 4.74 Å². The molecule has 0 aliphatic rings. The lowest BCUT2D eigenvalue weighted by Gasteiger charge is -2.25. The molecule has 0 aromatic heterocycles. The van der Waals surface area contributed by atoms with Crippen LogP contribution in [0.15, 0.2) is 24.3 Å². The SMILES string of the molecule is CCCc1ccc(OCCCC(C)(NCC)C(=O)O)cc1. The molecule has 4 heteroatoms. The maximum atomic E-state index is 11.3. The number of carboxylic acids is 1. The van der Waals surface area contributed by atoms with E-state index in [0.717, 1.165) is 18.6 Å². The van der Waals surface area contributed by atoms with Crippen LogP contribution in [0.1, 0.15) is 45.6 Å². The van der Waals surface area contributed by atoms with E-state index in [2.05, 4.69) is 24.4 Å². The Kier molecular flexibility index (Phi) is 7.23. The van der Waals surface area contributed by atoms with Crippen LogP contribution in [0.5, 0.6) is 5.75 Å². The Bertz CT molecular complexity index is 430. The molecule has 0 saturated carbocycles. The number of carbonyl (C=O) groups is 1. The Balaban J connectivity index is 2.37. The topological polar surface area (TPSA) is 58.6 Å². The van der Waals surface area contributed by atoms with Crippen molar-refractivity contribution in [1.82, 2.24) is 5.32 Å². The maximum Gasteiger partial charge on any atom is 0.323 e. The molecule has 4 nitrogen and oxygen atoms in total. The molecule has 0 aliphatic heterocycles. The van der Waals surface area contributed by atoms with Crippen LogP contribution in [0.4, 0.5) is 0 Å². The predicted octanol–water partition coefficient (Wildman–Crippen LogP) is 3.25. The van der Waals surface area contributed by atoms with Gasteiger partial charge < -0.3 is 15.2 Å². The van der Waals surface area contributed by atoms with Gasteiger partial charge in [0.25, 0.3) is 0 Å². The number of carboxylic acid groups (broad SMARTS) is 1. The van der Waals surface area contributed by atoms with Gasteiger partial charge >= 0.3 is 5.97 Å². The molecule has 1 atom stereocenters. The molecule has 2 N–H and O–H groups in total. The van der Waals surface area contributed by atoms with E-state index < -0.39 is 11.5 Å². The highest BCUT2D eigenvalue weighted by Gasteiger charge is 2.31. The number of likely N-dealkylation sites (N-methyl/N-ethyl adjacent to an activating group) is 1. The Labute approximate surface area is 127 Å². The molecule has 1 unspecified atom stereocenters. The van der Waals surface area contributed by atoms with Gasteiger partial charge in [0.15, 0.2) is 0 Å². The Morgan fingerprint density at radius 2 is 1.95 bits per heavy atom. The molecule has 1 rings (SSSR count). The predicted molar refractivity (Wildman–Crippen MR) is 84.9 cm³/mol. The van der Waals surface area contributed by atoms with Crippen molar-refractivity contribution in [1.29, 1.82) is 0 Å². The van der Waals surface area contributed by atoms with Crippen molar-refractivity contribution in [2.24, 2.45) is 0 Å². The number of hydrogen-bond acceptors (Lipinski definition) is 3. The minimum absolute atomic E-state index is 0.529. The third-order valence-electron chi connectivity index (χ3n) is 3.59. The van der Waals surface area contributed by atoms with Crippen LogP contribution in [0.3, 0.4) is 0 Å². The second-order valence-electron chi connectivity index (χ2n) is 5.51. The molecule has 0 amide bonds. The fourth-order valence-electron chi connectivity index (χ4n) is 2.32. The molecule has 0 fully saturated rings. The summed E-state index contributed by atoms with van der Waals surface area (Å²) in [5.41, 5.74) is 0.443. The number of aliphatic carboxylic acids is 1. The largest absolute Gasteiger partial charge is 0.494 e.